The van der Waals surface area contributed by atoms with Crippen molar-refractivity contribution in [2.24, 2.45) is 0 Å². The average Bonchev–Trinajstić information content (AvgIpc) is 2.55. The van der Waals surface area contributed by atoms with Crippen LogP contribution in [0.15, 0.2) is 22.7 Å². The summed E-state index contributed by atoms with van der Waals surface area (Å²) in [4.78, 5) is 13.7. The number of halogens is 2. The molecule has 2 unspecified atom stereocenters. The normalized spacial score (nSPS) is 27.6. The molecule has 0 spiro atoms. The molecule has 0 aliphatic carbocycles. The Morgan fingerprint density at radius 3 is 2.47 bits per heavy atom. The Bertz CT molecular complexity index is 460. The molecule has 2 nitrogen and oxygen atoms in total. The Balaban J connectivity index is 1.94. The number of fused-ring (bicyclic) bond motifs is 2. The molecule has 1 aromatic rings. The molecular formula is C13H13BrFNO. The molecule has 2 heterocycles. The molecule has 0 saturated carbocycles. The van der Waals surface area contributed by atoms with Crippen LogP contribution < -0.4 is 4.90 Å². The van der Waals surface area contributed by atoms with Crippen LogP contribution in [0.25, 0.3) is 0 Å². The van der Waals surface area contributed by atoms with Crippen molar-refractivity contribution in [3.63, 3.8) is 0 Å². The van der Waals surface area contributed by atoms with E-state index in [0.29, 0.717) is 23.1 Å². The number of benzene rings is 1. The number of hydrogen-bond acceptors (Lipinski definition) is 2. The summed E-state index contributed by atoms with van der Waals surface area (Å²) in [5.41, 5.74) is 0.908. The zero-order chi connectivity index (χ0) is 12.0. The summed E-state index contributed by atoms with van der Waals surface area (Å²) in [7, 11) is 0. The van der Waals surface area contributed by atoms with Crippen LogP contribution in [0.1, 0.15) is 25.7 Å². The van der Waals surface area contributed by atoms with Gasteiger partial charge in [0.2, 0.25) is 0 Å². The number of nitrogens with zero attached hydrogens (tertiary/aromatic N) is 1. The molecule has 2 fully saturated rings. The second kappa shape index (κ2) is 4.09. The first kappa shape index (κ1) is 11.2. The van der Waals surface area contributed by atoms with Crippen molar-refractivity contribution < 1.29 is 9.18 Å². The minimum absolute atomic E-state index is 0.237. The predicted molar refractivity (Wildman–Crippen MR) is 67.6 cm³/mol. The molecule has 0 amide bonds. The third-order valence-electron chi connectivity index (χ3n) is 3.75. The van der Waals surface area contributed by atoms with Gasteiger partial charge in [0.05, 0.1) is 4.47 Å². The molecule has 0 radical (unpaired) electrons. The zero-order valence-corrected chi connectivity index (χ0v) is 10.9. The lowest BCUT2D eigenvalue weighted by atomic mass is 10.0. The van der Waals surface area contributed by atoms with Crippen LogP contribution in [0.3, 0.4) is 0 Å². The minimum atomic E-state index is -0.237. The van der Waals surface area contributed by atoms with Crippen LogP contribution in [-0.2, 0) is 4.79 Å². The van der Waals surface area contributed by atoms with E-state index in [0.717, 1.165) is 18.5 Å². The van der Waals surface area contributed by atoms with Crippen molar-refractivity contribution in [1.82, 2.24) is 0 Å². The van der Waals surface area contributed by atoms with Gasteiger partial charge in [0.1, 0.15) is 11.6 Å². The Kier molecular flexibility index (Phi) is 2.69. The number of ketones is 1. The van der Waals surface area contributed by atoms with Gasteiger partial charge >= 0.3 is 0 Å². The third-order valence-corrected chi connectivity index (χ3v) is 4.39. The van der Waals surface area contributed by atoms with Crippen LogP contribution in [0.2, 0.25) is 0 Å². The molecule has 4 heteroatoms. The monoisotopic (exact) mass is 297 g/mol. The smallest absolute Gasteiger partial charge is 0.139 e. The van der Waals surface area contributed by atoms with Crippen molar-refractivity contribution in [2.45, 2.75) is 37.8 Å². The first-order valence-electron chi connectivity index (χ1n) is 5.90. The number of anilines is 1. The molecule has 3 rings (SSSR count). The van der Waals surface area contributed by atoms with Crippen molar-refractivity contribution >= 4 is 27.4 Å². The SMILES string of the molecule is O=C1CC2CCC(C1)N2c1ccc(Br)c(F)c1. The molecule has 2 aliphatic rings. The first-order chi connectivity index (χ1) is 8.15. The Hall–Kier alpha value is -0.900. The molecule has 90 valence electrons. The van der Waals surface area contributed by atoms with Crippen LogP contribution in [-0.4, -0.2) is 17.9 Å². The summed E-state index contributed by atoms with van der Waals surface area (Å²) < 4.78 is 14.0. The quantitative estimate of drug-likeness (QED) is 0.793. The summed E-state index contributed by atoms with van der Waals surface area (Å²) in [6, 6.07) is 5.78. The van der Waals surface area contributed by atoms with E-state index in [1.807, 2.05) is 6.07 Å². The lowest BCUT2D eigenvalue weighted by Crippen LogP contribution is -2.43. The van der Waals surface area contributed by atoms with Crippen molar-refractivity contribution in [3.05, 3.63) is 28.5 Å². The lowest BCUT2D eigenvalue weighted by molar-refractivity contribution is -0.120. The topological polar surface area (TPSA) is 20.3 Å². The summed E-state index contributed by atoms with van der Waals surface area (Å²) in [6.45, 7) is 0. The maximum Gasteiger partial charge on any atom is 0.139 e. The summed E-state index contributed by atoms with van der Waals surface area (Å²) in [5.74, 6) is 0.116. The molecule has 17 heavy (non-hydrogen) atoms. The highest BCUT2D eigenvalue weighted by Gasteiger charge is 2.40. The van der Waals surface area contributed by atoms with Gasteiger partial charge in [0.25, 0.3) is 0 Å². The van der Waals surface area contributed by atoms with E-state index in [-0.39, 0.29) is 17.9 Å². The standard InChI is InChI=1S/C13H13BrFNO/c14-12-4-3-10(7-13(12)15)16-8-1-2-9(16)6-11(17)5-8/h3-4,7-9H,1-2,5-6H2. The van der Waals surface area contributed by atoms with Gasteiger partial charge in [-0.1, -0.05) is 0 Å². The maximum absolute atomic E-state index is 13.5. The van der Waals surface area contributed by atoms with Crippen LogP contribution in [0.5, 0.6) is 0 Å². The van der Waals surface area contributed by atoms with Gasteiger partial charge in [0.15, 0.2) is 0 Å². The molecule has 0 aromatic heterocycles. The molecule has 2 saturated heterocycles. The fourth-order valence-corrected chi connectivity index (χ4v) is 3.28. The molecule has 2 atom stereocenters. The van der Waals surface area contributed by atoms with E-state index in [1.165, 1.54) is 0 Å². The van der Waals surface area contributed by atoms with Gasteiger partial charge in [-0.15, -0.1) is 0 Å². The van der Waals surface area contributed by atoms with Gasteiger partial charge in [-0.3, -0.25) is 4.79 Å². The Labute approximate surface area is 108 Å². The number of hydrogen-bond donors (Lipinski definition) is 0. The fraction of sp³-hybridized carbons (Fsp3) is 0.462. The lowest BCUT2D eigenvalue weighted by Gasteiger charge is -2.36. The highest BCUT2D eigenvalue weighted by Crippen LogP contribution is 2.38. The van der Waals surface area contributed by atoms with Crippen LogP contribution >= 0.6 is 15.9 Å². The Morgan fingerprint density at radius 2 is 1.88 bits per heavy atom. The van der Waals surface area contributed by atoms with Gasteiger partial charge < -0.3 is 4.90 Å². The molecule has 0 N–H and O–H groups in total. The van der Waals surface area contributed by atoms with Crippen molar-refractivity contribution in [3.8, 4) is 0 Å². The number of carbonyl (C=O) groups excluding carboxylic acids is 1. The van der Waals surface area contributed by atoms with Gasteiger partial charge in [0, 0.05) is 30.6 Å². The van der Waals surface area contributed by atoms with Crippen LogP contribution in [0, 0.1) is 5.82 Å². The van der Waals surface area contributed by atoms with Crippen molar-refractivity contribution in [2.75, 3.05) is 4.90 Å². The molecular weight excluding hydrogens is 285 g/mol. The van der Waals surface area contributed by atoms with E-state index < -0.39 is 0 Å². The number of rotatable bonds is 1. The van der Waals surface area contributed by atoms with Gasteiger partial charge in [-0.25, -0.2) is 4.39 Å². The first-order valence-corrected chi connectivity index (χ1v) is 6.69. The number of piperidine rings is 1. The maximum atomic E-state index is 13.5. The van der Waals surface area contributed by atoms with E-state index in [9.17, 15) is 9.18 Å². The summed E-state index contributed by atoms with van der Waals surface area (Å²) in [6.07, 6.45) is 3.34. The second-order valence-electron chi connectivity index (χ2n) is 4.84. The highest BCUT2D eigenvalue weighted by molar-refractivity contribution is 9.10. The molecule has 1 aromatic carbocycles. The van der Waals surface area contributed by atoms with Crippen LogP contribution in [0.4, 0.5) is 10.1 Å². The minimum Gasteiger partial charge on any atom is -0.365 e. The predicted octanol–water partition coefficient (Wildman–Crippen LogP) is 3.29. The van der Waals surface area contributed by atoms with E-state index in [4.69, 9.17) is 0 Å². The average molecular weight is 298 g/mol. The number of carbonyl (C=O) groups is 1. The number of Topliss-reactive ketones (excluding diaryl/α,β-unsaturated/α-hetero) is 1. The molecule has 2 aliphatic heterocycles. The van der Waals surface area contributed by atoms with E-state index >= 15 is 0 Å². The second-order valence-corrected chi connectivity index (χ2v) is 5.69. The summed E-state index contributed by atoms with van der Waals surface area (Å²) >= 11 is 3.16. The van der Waals surface area contributed by atoms with Gasteiger partial charge in [-0.2, -0.15) is 0 Å². The Morgan fingerprint density at radius 1 is 1.24 bits per heavy atom. The zero-order valence-electron chi connectivity index (χ0n) is 9.33. The fourth-order valence-electron chi connectivity index (χ4n) is 3.04. The summed E-state index contributed by atoms with van der Waals surface area (Å²) in [5, 5.41) is 0. The molecule has 2 bridgehead atoms. The van der Waals surface area contributed by atoms with Gasteiger partial charge in [-0.05, 0) is 47.0 Å². The van der Waals surface area contributed by atoms with E-state index in [1.54, 1.807) is 12.1 Å². The largest absolute Gasteiger partial charge is 0.365 e. The van der Waals surface area contributed by atoms with Crippen molar-refractivity contribution in [1.29, 1.82) is 0 Å². The highest BCUT2D eigenvalue weighted by atomic mass is 79.9. The third kappa shape index (κ3) is 1.88. The van der Waals surface area contributed by atoms with E-state index in [2.05, 4.69) is 20.8 Å².